The maximum Gasteiger partial charge on any atom is 0.252 e. The standard InChI is InChI=1S/C76H55B3N6O3/c1-80-66-46-64-58(77-56-34-20-22-36-62(56)84(48-24-10-5-11-25-48)72-42-54(40-70(75(72)77)82(64)3)87-51-30-16-8-17-31-51)44-60(66)79-61-45-59-65(47-67(61)81(2)69-39-53(38-68(80)74(69)79)86-50-28-14-7-15-29-50)83(4)71-41-55(88-52-32-18-9-19-33-52)43-73-76(71)78(59)57-35-21-23-37-63(57)85(73)49-26-12-6-13-27-49/h5-47H,1-4H3. The Hall–Kier alpha value is -11.0. The van der Waals surface area contributed by atoms with Gasteiger partial charge in [0.1, 0.15) is 34.5 Å². The monoisotopic (exact) mass is 1130 g/mol. The first-order valence-corrected chi connectivity index (χ1v) is 30.2. The van der Waals surface area contributed by atoms with E-state index in [2.05, 4.69) is 227 Å². The number of ether oxygens (including phenoxy) is 3. The molecule has 0 N–H and O–H groups in total. The lowest BCUT2D eigenvalue weighted by atomic mass is 9.29. The van der Waals surface area contributed by atoms with Crippen LogP contribution in [0.2, 0.25) is 0 Å². The van der Waals surface area contributed by atoms with Gasteiger partial charge in [0, 0.05) is 144 Å². The van der Waals surface area contributed by atoms with Crippen molar-refractivity contribution in [3.63, 3.8) is 0 Å². The fourth-order valence-electron chi connectivity index (χ4n) is 15.3. The van der Waals surface area contributed by atoms with Crippen LogP contribution in [0.4, 0.5) is 79.6 Å². The van der Waals surface area contributed by atoms with Gasteiger partial charge in [0.25, 0.3) is 20.1 Å². The third kappa shape index (κ3) is 7.45. The van der Waals surface area contributed by atoms with Crippen molar-refractivity contribution in [2.75, 3.05) is 57.6 Å². The Bertz CT molecular complexity index is 4570. The molecular formula is C76H55B3N6O3. The van der Waals surface area contributed by atoms with Gasteiger partial charge in [0.15, 0.2) is 0 Å². The van der Waals surface area contributed by atoms with Crippen LogP contribution in [0.3, 0.4) is 0 Å². The van der Waals surface area contributed by atoms with Gasteiger partial charge in [0.2, 0.25) is 0 Å². The highest BCUT2D eigenvalue weighted by Gasteiger charge is 2.49. The predicted octanol–water partition coefficient (Wildman–Crippen LogP) is 12.5. The van der Waals surface area contributed by atoms with Gasteiger partial charge in [-0.25, -0.2) is 0 Å². The highest BCUT2D eigenvalue weighted by atomic mass is 16.5. The van der Waals surface area contributed by atoms with Crippen molar-refractivity contribution in [2.24, 2.45) is 0 Å². The summed E-state index contributed by atoms with van der Waals surface area (Å²) in [5.74, 6) is 4.69. The third-order valence-electron chi connectivity index (χ3n) is 19.1. The number of nitrogens with zero attached hydrogens (tertiary/aromatic N) is 6. The average molecular weight is 1130 g/mol. The highest BCUT2D eigenvalue weighted by Crippen LogP contribution is 2.49. The fourth-order valence-corrected chi connectivity index (χ4v) is 15.3. The van der Waals surface area contributed by atoms with Crippen LogP contribution >= 0.6 is 0 Å². The molecule has 0 amide bonds. The normalized spacial score (nSPS) is 13.9. The summed E-state index contributed by atoms with van der Waals surface area (Å²) in [6, 6.07) is 93.6. The van der Waals surface area contributed by atoms with Crippen LogP contribution in [-0.2, 0) is 0 Å². The molecule has 6 aliphatic heterocycles. The van der Waals surface area contributed by atoms with Gasteiger partial charge in [-0.05, 0) is 134 Å². The van der Waals surface area contributed by atoms with Gasteiger partial charge < -0.3 is 43.6 Å². The summed E-state index contributed by atoms with van der Waals surface area (Å²) in [7, 11) is 8.94. The quantitative estimate of drug-likeness (QED) is 0.139. The first kappa shape index (κ1) is 50.4. The minimum Gasteiger partial charge on any atom is -0.457 e. The van der Waals surface area contributed by atoms with Crippen molar-refractivity contribution in [3.05, 3.63) is 261 Å². The number of anilines is 14. The van der Waals surface area contributed by atoms with Crippen molar-refractivity contribution >= 4 is 149 Å². The van der Waals surface area contributed by atoms with E-state index in [0.717, 1.165) is 114 Å². The summed E-state index contributed by atoms with van der Waals surface area (Å²) < 4.78 is 20.5. The molecule has 416 valence electrons. The minimum atomic E-state index is -0.163. The summed E-state index contributed by atoms with van der Waals surface area (Å²) in [4.78, 5) is 14.5. The Morgan fingerprint density at radius 2 is 0.477 bits per heavy atom. The molecule has 0 saturated heterocycles. The van der Waals surface area contributed by atoms with Crippen LogP contribution in [0.5, 0.6) is 34.5 Å². The zero-order chi connectivity index (χ0) is 58.5. The van der Waals surface area contributed by atoms with Crippen LogP contribution in [0.25, 0.3) is 0 Å². The van der Waals surface area contributed by atoms with Gasteiger partial charge in [-0.15, -0.1) is 0 Å². The van der Waals surface area contributed by atoms with E-state index in [9.17, 15) is 0 Å². The molecule has 0 saturated carbocycles. The molecular weight excluding hydrogens is 1080 g/mol. The van der Waals surface area contributed by atoms with E-state index in [1.54, 1.807) is 0 Å². The Kier molecular flexibility index (Phi) is 11.0. The zero-order valence-corrected chi connectivity index (χ0v) is 49.0. The Balaban J connectivity index is 0.873. The molecule has 0 radical (unpaired) electrons. The first-order valence-electron chi connectivity index (χ1n) is 30.2. The van der Waals surface area contributed by atoms with Gasteiger partial charge in [-0.3, -0.25) is 0 Å². The summed E-state index contributed by atoms with van der Waals surface area (Å²) in [6.45, 7) is -0.365. The summed E-state index contributed by atoms with van der Waals surface area (Å²) in [5, 5.41) is 0. The smallest absolute Gasteiger partial charge is 0.252 e. The van der Waals surface area contributed by atoms with Crippen LogP contribution in [-0.4, -0.2) is 48.3 Å². The number of para-hydroxylation sites is 7. The molecule has 12 aromatic carbocycles. The summed E-state index contributed by atoms with van der Waals surface area (Å²) in [5.41, 5.74) is 27.0. The van der Waals surface area contributed by atoms with E-state index in [1.165, 1.54) is 49.2 Å². The van der Waals surface area contributed by atoms with E-state index in [1.807, 2.05) is 91.0 Å². The van der Waals surface area contributed by atoms with Crippen molar-refractivity contribution in [1.82, 2.24) is 0 Å². The van der Waals surface area contributed by atoms with Gasteiger partial charge in [0.05, 0.1) is 0 Å². The highest BCUT2D eigenvalue weighted by molar-refractivity contribution is 7.04. The summed E-state index contributed by atoms with van der Waals surface area (Å²) >= 11 is 0. The van der Waals surface area contributed by atoms with Crippen LogP contribution in [0.15, 0.2) is 261 Å². The van der Waals surface area contributed by atoms with E-state index >= 15 is 0 Å². The molecule has 0 spiro atoms. The Morgan fingerprint density at radius 3 is 0.807 bits per heavy atom. The number of benzene rings is 12. The molecule has 0 atom stereocenters. The second kappa shape index (κ2) is 19.3. The van der Waals surface area contributed by atoms with Crippen LogP contribution < -0.4 is 92.8 Å². The number of hydrogen-bond acceptors (Lipinski definition) is 9. The van der Waals surface area contributed by atoms with Gasteiger partial charge in [-0.2, -0.15) is 0 Å². The van der Waals surface area contributed by atoms with Crippen molar-refractivity contribution in [2.45, 2.75) is 0 Å². The largest absolute Gasteiger partial charge is 0.457 e. The molecule has 88 heavy (non-hydrogen) atoms. The van der Waals surface area contributed by atoms with Crippen molar-refractivity contribution in [1.29, 1.82) is 0 Å². The van der Waals surface area contributed by atoms with Crippen LogP contribution in [0.1, 0.15) is 0 Å². The second-order valence-electron chi connectivity index (χ2n) is 23.8. The third-order valence-corrected chi connectivity index (χ3v) is 19.1. The molecule has 6 heterocycles. The number of rotatable bonds is 8. The van der Waals surface area contributed by atoms with Crippen LogP contribution in [0, 0.1) is 0 Å². The molecule has 12 aromatic rings. The van der Waals surface area contributed by atoms with Crippen molar-refractivity contribution < 1.29 is 14.2 Å². The lowest BCUT2D eigenvalue weighted by Gasteiger charge is -2.47. The van der Waals surface area contributed by atoms with E-state index in [-0.39, 0.29) is 20.1 Å². The lowest BCUT2D eigenvalue weighted by Crippen LogP contribution is -2.67. The topological polar surface area (TPSA) is 47.1 Å². The number of fused-ring (bicyclic) bond motifs is 12. The van der Waals surface area contributed by atoms with Gasteiger partial charge in [-0.1, -0.05) is 140 Å². The molecule has 0 aromatic heterocycles. The average Bonchev–Trinajstić information content (AvgIpc) is 0.726. The van der Waals surface area contributed by atoms with E-state index < -0.39 is 0 Å². The zero-order valence-electron chi connectivity index (χ0n) is 49.0. The fraction of sp³-hybridized carbons (Fsp3) is 0.0526. The molecule has 9 nitrogen and oxygen atoms in total. The Morgan fingerprint density at radius 1 is 0.216 bits per heavy atom. The van der Waals surface area contributed by atoms with E-state index in [4.69, 9.17) is 14.2 Å². The summed E-state index contributed by atoms with van der Waals surface area (Å²) in [6.07, 6.45) is 0. The molecule has 12 heteroatoms. The Labute approximate surface area is 513 Å². The predicted molar refractivity (Wildman–Crippen MR) is 367 cm³/mol. The molecule has 0 aliphatic carbocycles. The molecule has 0 fully saturated rings. The van der Waals surface area contributed by atoms with Gasteiger partial charge >= 0.3 is 0 Å². The SMILES string of the molecule is CN1c2cc3c(cc2B2c4cc5c(cc4N(C)c4cc(Oc6ccccc6)cc1c42)N(C)c1cc(Oc2ccccc2)cc2c1B5c1ccccc1N2c1ccccc1)B1c2ccccc2N(c2ccccc2)c2cc(Oc4ccccc4)cc(c21)N3C. The molecule has 18 rings (SSSR count). The lowest BCUT2D eigenvalue weighted by molar-refractivity contribution is 0.482. The maximum absolute atomic E-state index is 6.86. The van der Waals surface area contributed by atoms with Crippen molar-refractivity contribution in [3.8, 4) is 34.5 Å². The first-order chi connectivity index (χ1) is 43.3. The second-order valence-corrected chi connectivity index (χ2v) is 23.8. The number of hydrogen-bond donors (Lipinski definition) is 0. The molecule has 0 unspecified atom stereocenters. The molecule has 0 bridgehead atoms. The maximum atomic E-state index is 6.86. The van der Waals surface area contributed by atoms with E-state index in [0.29, 0.717) is 0 Å². The minimum absolute atomic E-state index is 0.101. The molecule has 6 aliphatic rings.